The number of hydrogen-bond donors (Lipinski definition) is 0. The van der Waals surface area contributed by atoms with Crippen LogP contribution in [-0.2, 0) is 21.7 Å². The van der Waals surface area contributed by atoms with Crippen LogP contribution in [0.5, 0.6) is 0 Å². The summed E-state index contributed by atoms with van der Waals surface area (Å²) < 4.78 is 0. The molecule has 0 spiro atoms. The first kappa shape index (κ1) is 48.2. The molecular weight excluding hydrogens is 941 g/mol. The summed E-state index contributed by atoms with van der Waals surface area (Å²) in [5.74, 6) is 0. The molecule has 0 amide bonds. The van der Waals surface area contributed by atoms with Gasteiger partial charge in [-0.2, -0.15) is 0 Å². The number of pyridine rings is 2. The van der Waals surface area contributed by atoms with Crippen LogP contribution in [-0.4, -0.2) is 9.97 Å². The van der Waals surface area contributed by atoms with Gasteiger partial charge in [-0.15, -0.1) is 0 Å². The molecule has 14 rings (SSSR count). The molecule has 0 saturated carbocycles. The zero-order valence-electron chi connectivity index (χ0n) is 47.2. The van der Waals surface area contributed by atoms with E-state index in [-0.39, 0.29) is 21.7 Å². The Balaban J connectivity index is 1.07. The molecule has 12 aromatic carbocycles. The lowest BCUT2D eigenvalue weighted by molar-refractivity contribution is 0.590. The number of fused-ring (bicyclic) bond motifs is 6. The molecule has 2 heteroatoms. The van der Waals surface area contributed by atoms with Gasteiger partial charge in [-0.25, -0.2) is 9.97 Å². The molecule has 2 nitrogen and oxygen atoms in total. The van der Waals surface area contributed by atoms with Gasteiger partial charge < -0.3 is 0 Å². The van der Waals surface area contributed by atoms with Crippen LogP contribution in [0.3, 0.4) is 0 Å². The fraction of sp³-hybridized carbons (Fsp3) is 0.211. The summed E-state index contributed by atoms with van der Waals surface area (Å²) in [4.78, 5) is 11.6. The lowest BCUT2D eigenvalue weighted by Crippen LogP contribution is -2.10. The topological polar surface area (TPSA) is 25.8 Å². The molecule has 0 saturated heterocycles. The molecule has 0 aliphatic carbocycles. The highest BCUT2D eigenvalue weighted by Gasteiger charge is 2.27. The Morgan fingerprint density at radius 2 is 0.538 bits per heavy atom. The summed E-state index contributed by atoms with van der Waals surface area (Å²) in [6, 6.07) is 69.9. The predicted molar refractivity (Wildman–Crippen MR) is 339 cm³/mol. The van der Waals surface area contributed by atoms with Crippen LogP contribution in [0.25, 0.3) is 142 Å². The molecule has 2 aromatic heterocycles. The highest BCUT2D eigenvalue weighted by atomic mass is 14.7. The van der Waals surface area contributed by atoms with Gasteiger partial charge in [0.2, 0.25) is 0 Å². The molecule has 0 fully saturated rings. The van der Waals surface area contributed by atoms with Crippen LogP contribution < -0.4 is 0 Å². The second kappa shape index (κ2) is 16.7. The van der Waals surface area contributed by atoms with Crippen LogP contribution in [0.4, 0.5) is 0 Å². The highest BCUT2D eigenvalue weighted by Crippen LogP contribution is 2.51. The molecule has 0 atom stereocenters. The third-order valence-corrected chi connectivity index (χ3v) is 17.3. The van der Waals surface area contributed by atoms with E-state index in [9.17, 15) is 0 Å². The fourth-order valence-electron chi connectivity index (χ4n) is 12.8. The number of benzene rings is 12. The summed E-state index contributed by atoms with van der Waals surface area (Å²) in [6.07, 6.45) is 0. The Morgan fingerprint density at radius 1 is 0.231 bits per heavy atom. The van der Waals surface area contributed by atoms with Gasteiger partial charge in [0.1, 0.15) is 0 Å². The standard InChI is InChI=1S/C76H66N2/c1-73(2,3)53-25-17-43(18-26-53)49-23-31-57-61(41-49)65(51-15-13-47-39-55(75(7,8)9)29-21-45(47)37-51)59-33-35-64-69-67(59)71(57)77-63-36-34-60-66(52-16-14-48-40-56(76(10,11)12)30-22-46(48)38-52)62-42-50(44-19-27-54(28-20-44)74(4,5)6)24-32-58(62)72(78-64)68(60)70(63)69/h13-42H,1-12H3. The number of aromatic nitrogens is 2. The maximum absolute atomic E-state index is 5.82. The Hall–Kier alpha value is -8.20. The van der Waals surface area contributed by atoms with Crippen molar-refractivity contribution in [3.8, 4) is 44.5 Å². The molecule has 0 radical (unpaired) electrons. The smallest absolute Gasteiger partial charge is 0.0801 e. The van der Waals surface area contributed by atoms with Crippen LogP contribution in [0.15, 0.2) is 182 Å². The highest BCUT2D eigenvalue weighted by molar-refractivity contribution is 6.41. The van der Waals surface area contributed by atoms with Crippen molar-refractivity contribution >= 4 is 97.5 Å². The van der Waals surface area contributed by atoms with Gasteiger partial charge in [-0.1, -0.05) is 229 Å². The summed E-state index contributed by atoms with van der Waals surface area (Å²) in [5, 5.41) is 16.8. The SMILES string of the molecule is CC(C)(C)c1ccc(-c2ccc3c(c2)c(-c2ccc4cc(C(C)(C)C)ccc4c2)c2ccc4nc5c6ccc(-c7ccc(C(C)(C)C)cc7)cc6c(-c6ccc7cc(C(C)(C)C)ccc7c6)c6ccc7nc3c2c4c7c65)cc1. The van der Waals surface area contributed by atoms with E-state index in [2.05, 4.69) is 265 Å². The Morgan fingerprint density at radius 3 is 0.910 bits per heavy atom. The minimum absolute atomic E-state index is 0.0547. The maximum atomic E-state index is 5.82. The molecule has 2 heterocycles. The van der Waals surface area contributed by atoms with Crippen molar-refractivity contribution in [1.29, 1.82) is 0 Å². The summed E-state index contributed by atoms with van der Waals surface area (Å²) in [6.45, 7) is 27.4. The van der Waals surface area contributed by atoms with E-state index in [4.69, 9.17) is 9.97 Å². The van der Waals surface area contributed by atoms with Gasteiger partial charge >= 0.3 is 0 Å². The third kappa shape index (κ3) is 7.58. The van der Waals surface area contributed by atoms with Crippen molar-refractivity contribution in [1.82, 2.24) is 9.97 Å². The maximum Gasteiger partial charge on any atom is 0.0801 e. The average molecular weight is 1010 g/mol. The predicted octanol–water partition coefficient (Wildman–Crippen LogP) is 21.6. The van der Waals surface area contributed by atoms with Gasteiger partial charge in [0, 0.05) is 32.3 Å². The van der Waals surface area contributed by atoms with E-state index in [1.165, 1.54) is 131 Å². The molecule has 0 bridgehead atoms. The first-order valence-electron chi connectivity index (χ1n) is 28.0. The van der Waals surface area contributed by atoms with Gasteiger partial charge in [-0.05, 0) is 168 Å². The van der Waals surface area contributed by atoms with Gasteiger partial charge in [0.25, 0.3) is 0 Å². The van der Waals surface area contributed by atoms with E-state index in [1.54, 1.807) is 0 Å². The first-order valence-corrected chi connectivity index (χ1v) is 28.0. The second-order valence-corrected chi connectivity index (χ2v) is 26.7. The molecule has 78 heavy (non-hydrogen) atoms. The van der Waals surface area contributed by atoms with E-state index in [1.807, 2.05) is 0 Å². The molecule has 0 aliphatic heterocycles. The minimum atomic E-state index is 0.0547. The van der Waals surface area contributed by atoms with Crippen LogP contribution in [0.2, 0.25) is 0 Å². The molecule has 0 aliphatic rings. The zero-order valence-corrected chi connectivity index (χ0v) is 47.2. The van der Waals surface area contributed by atoms with E-state index >= 15 is 0 Å². The zero-order chi connectivity index (χ0) is 53.9. The van der Waals surface area contributed by atoms with Crippen molar-refractivity contribution in [2.75, 3.05) is 0 Å². The Kier molecular flexibility index (Phi) is 10.3. The Labute approximate surface area is 458 Å². The number of nitrogens with zero attached hydrogens (tertiary/aromatic N) is 2. The second-order valence-electron chi connectivity index (χ2n) is 26.7. The number of hydrogen-bond acceptors (Lipinski definition) is 2. The average Bonchev–Trinajstić information content (AvgIpc) is 2.70. The molecule has 0 unspecified atom stereocenters. The van der Waals surface area contributed by atoms with Gasteiger partial charge in [-0.3, -0.25) is 0 Å². The quantitative estimate of drug-likeness (QED) is 0.130. The largest absolute Gasteiger partial charge is 0.247 e. The van der Waals surface area contributed by atoms with E-state index in [0.29, 0.717) is 0 Å². The van der Waals surface area contributed by atoms with Crippen molar-refractivity contribution in [3.05, 3.63) is 204 Å². The number of rotatable bonds is 4. The van der Waals surface area contributed by atoms with Crippen molar-refractivity contribution in [3.63, 3.8) is 0 Å². The Bertz CT molecular complexity index is 4470. The van der Waals surface area contributed by atoms with Crippen LogP contribution in [0, 0.1) is 0 Å². The van der Waals surface area contributed by atoms with Crippen molar-refractivity contribution in [2.45, 2.75) is 105 Å². The lowest BCUT2D eigenvalue weighted by Gasteiger charge is -2.23. The van der Waals surface area contributed by atoms with E-state index < -0.39 is 0 Å². The molecule has 14 aromatic rings. The fourth-order valence-corrected chi connectivity index (χ4v) is 12.8. The van der Waals surface area contributed by atoms with E-state index in [0.717, 1.165) is 32.8 Å². The molecule has 0 N–H and O–H groups in total. The summed E-state index contributed by atoms with van der Waals surface area (Å²) in [5.41, 5.74) is 19.3. The van der Waals surface area contributed by atoms with Gasteiger partial charge in [0.15, 0.2) is 0 Å². The van der Waals surface area contributed by atoms with Crippen molar-refractivity contribution < 1.29 is 0 Å². The van der Waals surface area contributed by atoms with Gasteiger partial charge in [0.05, 0.1) is 22.1 Å². The normalized spacial score (nSPS) is 13.1. The van der Waals surface area contributed by atoms with Crippen LogP contribution >= 0.6 is 0 Å². The van der Waals surface area contributed by atoms with Crippen LogP contribution in [0.1, 0.15) is 105 Å². The first-order chi connectivity index (χ1) is 37.2. The third-order valence-electron chi connectivity index (χ3n) is 17.3. The summed E-state index contributed by atoms with van der Waals surface area (Å²) in [7, 11) is 0. The minimum Gasteiger partial charge on any atom is -0.247 e. The lowest BCUT2D eigenvalue weighted by atomic mass is 9.82. The summed E-state index contributed by atoms with van der Waals surface area (Å²) >= 11 is 0. The monoisotopic (exact) mass is 1010 g/mol. The van der Waals surface area contributed by atoms with Crippen molar-refractivity contribution in [2.24, 2.45) is 0 Å². The molecule has 380 valence electrons. The molecular formula is C76H66N2.